The predicted molar refractivity (Wildman–Crippen MR) is 124 cm³/mol. The zero-order valence-electron chi connectivity index (χ0n) is 18.0. The van der Waals surface area contributed by atoms with Crippen LogP contribution in [-0.4, -0.2) is 49.1 Å². The minimum atomic E-state index is -0.641. The summed E-state index contributed by atoms with van der Waals surface area (Å²) >= 11 is 0. The fourth-order valence-electron chi connectivity index (χ4n) is 4.10. The van der Waals surface area contributed by atoms with Gasteiger partial charge in [-0.2, -0.15) is 0 Å². The van der Waals surface area contributed by atoms with E-state index in [-0.39, 0.29) is 11.8 Å². The summed E-state index contributed by atoms with van der Waals surface area (Å²) in [5.41, 5.74) is 2.80. The Bertz CT molecular complexity index is 963. The fraction of sp³-hybridized carbons (Fsp3) is 0.259. The van der Waals surface area contributed by atoms with Crippen molar-refractivity contribution in [2.75, 3.05) is 26.3 Å². The molecule has 1 atom stereocenters. The summed E-state index contributed by atoms with van der Waals surface area (Å²) < 4.78 is 5.40. The molecule has 3 aromatic carbocycles. The van der Waals surface area contributed by atoms with Crippen molar-refractivity contribution in [2.45, 2.75) is 18.4 Å². The second-order valence-corrected chi connectivity index (χ2v) is 7.94. The van der Waals surface area contributed by atoms with E-state index in [9.17, 15) is 9.59 Å². The van der Waals surface area contributed by atoms with Crippen LogP contribution < -0.4 is 5.32 Å². The van der Waals surface area contributed by atoms with Gasteiger partial charge in [0.2, 0.25) is 11.8 Å². The molecule has 1 heterocycles. The molecule has 5 heteroatoms. The smallest absolute Gasteiger partial charge is 0.245 e. The van der Waals surface area contributed by atoms with E-state index in [4.69, 9.17) is 4.74 Å². The first-order valence-electron chi connectivity index (χ1n) is 11.0. The molecule has 0 aromatic heterocycles. The van der Waals surface area contributed by atoms with Crippen molar-refractivity contribution in [1.82, 2.24) is 10.2 Å². The van der Waals surface area contributed by atoms with Crippen molar-refractivity contribution in [1.29, 1.82) is 0 Å². The molecular weight excluding hydrogens is 400 g/mol. The highest BCUT2D eigenvalue weighted by Crippen LogP contribution is 2.25. The summed E-state index contributed by atoms with van der Waals surface area (Å²) in [5.74, 6) is -0.733. The molecule has 1 aliphatic rings. The van der Waals surface area contributed by atoms with E-state index in [0.717, 1.165) is 16.7 Å². The Morgan fingerprint density at radius 1 is 0.781 bits per heavy atom. The molecule has 0 bridgehead atoms. The van der Waals surface area contributed by atoms with Gasteiger partial charge < -0.3 is 15.0 Å². The maximum absolute atomic E-state index is 13.6. The molecular formula is C27H28N2O3. The van der Waals surface area contributed by atoms with Gasteiger partial charge in [-0.25, -0.2) is 0 Å². The van der Waals surface area contributed by atoms with Crippen LogP contribution in [0.5, 0.6) is 0 Å². The van der Waals surface area contributed by atoms with Crippen LogP contribution in [0.25, 0.3) is 0 Å². The minimum absolute atomic E-state index is 0.0645. The average molecular weight is 429 g/mol. The van der Waals surface area contributed by atoms with Gasteiger partial charge in [0.25, 0.3) is 0 Å². The van der Waals surface area contributed by atoms with Gasteiger partial charge in [0.1, 0.15) is 6.04 Å². The Morgan fingerprint density at radius 3 is 1.81 bits per heavy atom. The van der Waals surface area contributed by atoms with Gasteiger partial charge in [-0.1, -0.05) is 91.0 Å². The number of hydrogen-bond donors (Lipinski definition) is 1. The highest BCUT2D eigenvalue weighted by Gasteiger charge is 2.31. The van der Waals surface area contributed by atoms with Crippen LogP contribution in [-0.2, 0) is 20.7 Å². The third-order valence-electron chi connectivity index (χ3n) is 5.75. The molecule has 1 fully saturated rings. The molecule has 1 N–H and O–H groups in total. The van der Waals surface area contributed by atoms with E-state index < -0.39 is 12.0 Å². The molecule has 0 spiro atoms. The minimum Gasteiger partial charge on any atom is -0.378 e. The molecule has 3 aromatic rings. The average Bonchev–Trinajstić information content (AvgIpc) is 2.86. The first-order chi connectivity index (χ1) is 15.7. The highest BCUT2D eigenvalue weighted by molar-refractivity contribution is 5.92. The molecule has 0 saturated carbocycles. The monoisotopic (exact) mass is 428 g/mol. The van der Waals surface area contributed by atoms with Crippen molar-refractivity contribution in [2.24, 2.45) is 0 Å². The number of ether oxygens (including phenoxy) is 1. The van der Waals surface area contributed by atoms with Crippen molar-refractivity contribution in [3.63, 3.8) is 0 Å². The summed E-state index contributed by atoms with van der Waals surface area (Å²) in [6.45, 7) is 2.13. The van der Waals surface area contributed by atoms with Crippen molar-refractivity contribution in [3.8, 4) is 0 Å². The summed E-state index contributed by atoms with van der Waals surface area (Å²) in [4.78, 5) is 28.8. The Kier molecular flexibility index (Phi) is 7.31. The molecule has 5 nitrogen and oxygen atoms in total. The van der Waals surface area contributed by atoms with E-state index in [2.05, 4.69) is 5.32 Å². The number of nitrogens with one attached hydrogen (secondary N) is 1. The van der Waals surface area contributed by atoms with Gasteiger partial charge >= 0.3 is 0 Å². The van der Waals surface area contributed by atoms with Crippen LogP contribution in [0.15, 0.2) is 91.0 Å². The summed E-state index contributed by atoms with van der Waals surface area (Å²) in [6, 6.07) is 28.6. The second-order valence-electron chi connectivity index (χ2n) is 7.94. The lowest BCUT2D eigenvalue weighted by Gasteiger charge is -2.31. The van der Waals surface area contributed by atoms with Gasteiger partial charge in [0, 0.05) is 19.5 Å². The van der Waals surface area contributed by atoms with Crippen LogP contribution >= 0.6 is 0 Å². The Labute approximate surface area is 189 Å². The van der Waals surface area contributed by atoms with E-state index in [0.29, 0.717) is 32.7 Å². The third kappa shape index (κ3) is 5.42. The lowest BCUT2D eigenvalue weighted by Crippen LogP contribution is -2.53. The van der Waals surface area contributed by atoms with Crippen molar-refractivity contribution < 1.29 is 14.3 Å². The third-order valence-corrected chi connectivity index (χ3v) is 5.75. The molecule has 32 heavy (non-hydrogen) atoms. The molecule has 164 valence electrons. The number of morpholine rings is 1. The Morgan fingerprint density at radius 2 is 1.28 bits per heavy atom. The number of hydrogen-bond acceptors (Lipinski definition) is 3. The largest absolute Gasteiger partial charge is 0.378 e. The Hall–Kier alpha value is -3.44. The van der Waals surface area contributed by atoms with Crippen LogP contribution in [0.2, 0.25) is 0 Å². The molecule has 2 amide bonds. The lowest BCUT2D eigenvalue weighted by molar-refractivity contribution is -0.140. The number of amides is 2. The molecule has 1 aliphatic heterocycles. The molecule has 4 rings (SSSR count). The number of rotatable bonds is 7. The maximum Gasteiger partial charge on any atom is 0.245 e. The number of carbonyl (C=O) groups is 2. The van der Waals surface area contributed by atoms with Gasteiger partial charge in [0.15, 0.2) is 0 Å². The van der Waals surface area contributed by atoms with E-state index in [1.54, 1.807) is 4.90 Å². The van der Waals surface area contributed by atoms with Crippen LogP contribution in [0.4, 0.5) is 0 Å². The van der Waals surface area contributed by atoms with Crippen molar-refractivity contribution in [3.05, 3.63) is 108 Å². The fourth-order valence-corrected chi connectivity index (χ4v) is 4.10. The molecule has 0 unspecified atom stereocenters. The second kappa shape index (κ2) is 10.7. The van der Waals surface area contributed by atoms with Gasteiger partial charge in [-0.15, -0.1) is 0 Å². The van der Waals surface area contributed by atoms with Crippen LogP contribution in [0, 0.1) is 0 Å². The topological polar surface area (TPSA) is 58.6 Å². The van der Waals surface area contributed by atoms with Gasteiger partial charge in [0.05, 0.1) is 19.1 Å². The lowest BCUT2D eigenvalue weighted by atomic mass is 9.90. The van der Waals surface area contributed by atoms with Crippen LogP contribution in [0.3, 0.4) is 0 Å². The summed E-state index contributed by atoms with van der Waals surface area (Å²) in [7, 11) is 0. The van der Waals surface area contributed by atoms with E-state index >= 15 is 0 Å². The standard InChI is InChI=1S/C27H28N2O3/c30-26(25(22-12-6-2-7-13-22)23-14-8-3-9-15-23)28-24(20-21-10-4-1-5-11-21)27(31)29-16-18-32-19-17-29/h1-15,24-25H,16-20H2,(H,28,30)/t24-/m0/s1. The quantitative estimate of drug-likeness (QED) is 0.628. The van der Waals surface area contributed by atoms with Crippen molar-refractivity contribution >= 4 is 11.8 Å². The number of nitrogens with zero attached hydrogens (tertiary/aromatic N) is 1. The molecule has 0 radical (unpaired) electrons. The first-order valence-corrected chi connectivity index (χ1v) is 11.0. The van der Waals surface area contributed by atoms with Gasteiger partial charge in [-0.3, -0.25) is 9.59 Å². The zero-order valence-corrected chi connectivity index (χ0v) is 18.0. The maximum atomic E-state index is 13.6. The number of benzene rings is 3. The highest BCUT2D eigenvalue weighted by atomic mass is 16.5. The number of carbonyl (C=O) groups excluding carboxylic acids is 2. The van der Waals surface area contributed by atoms with Crippen LogP contribution in [0.1, 0.15) is 22.6 Å². The summed E-state index contributed by atoms with van der Waals surface area (Å²) in [5, 5.41) is 3.09. The van der Waals surface area contributed by atoms with E-state index in [1.807, 2.05) is 91.0 Å². The molecule has 1 saturated heterocycles. The zero-order chi connectivity index (χ0) is 22.2. The first kappa shape index (κ1) is 21.8. The summed E-state index contributed by atoms with van der Waals surface area (Å²) in [6.07, 6.45) is 0.444. The predicted octanol–water partition coefficient (Wildman–Crippen LogP) is 3.40. The molecule has 0 aliphatic carbocycles. The normalized spacial score (nSPS) is 14.7. The van der Waals surface area contributed by atoms with Gasteiger partial charge in [-0.05, 0) is 16.7 Å². The Balaban J connectivity index is 1.61. The SMILES string of the molecule is O=C(N[C@@H](Cc1ccccc1)C(=O)N1CCOCC1)C(c1ccccc1)c1ccccc1. The van der Waals surface area contributed by atoms with E-state index in [1.165, 1.54) is 0 Å².